The molecular formula is C18H18BrN3O3. The first-order valence-corrected chi connectivity index (χ1v) is 8.41. The van der Waals surface area contributed by atoms with Gasteiger partial charge in [-0.3, -0.25) is 9.59 Å². The van der Waals surface area contributed by atoms with Gasteiger partial charge in [0.05, 0.1) is 10.7 Å². The first-order chi connectivity index (χ1) is 12.0. The predicted molar refractivity (Wildman–Crippen MR) is 101 cm³/mol. The second kappa shape index (κ2) is 8.98. The Morgan fingerprint density at radius 3 is 2.60 bits per heavy atom. The highest BCUT2D eigenvalue weighted by atomic mass is 79.9. The van der Waals surface area contributed by atoms with Crippen LogP contribution in [0.15, 0.2) is 52.0 Å². The summed E-state index contributed by atoms with van der Waals surface area (Å²) >= 11 is 3.20. The topological polar surface area (TPSA) is 90.8 Å². The Bertz CT molecular complexity index is 806. The number of para-hydroxylation sites is 1. The number of nitrogens with zero attached hydrogens (tertiary/aromatic N) is 1. The number of nitrogens with one attached hydrogen (secondary N) is 2. The molecule has 6 nitrogen and oxygen atoms in total. The molecule has 130 valence electrons. The Morgan fingerprint density at radius 2 is 1.88 bits per heavy atom. The normalized spacial score (nSPS) is 10.6. The minimum Gasteiger partial charge on any atom is -0.507 e. The van der Waals surface area contributed by atoms with Crippen LogP contribution >= 0.6 is 15.9 Å². The van der Waals surface area contributed by atoms with Gasteiger partial charge < -0.3 is 10.4 Å². The fourth-order valence-electron chi connectivity index (χ4n) is 1.99. The zero-order valence-electron chi connectivity index (χ0n) is 13.6. The number of carbonyl (C=O) groups excluding carboxylic acids is 2. The first kappa shape index (κ1) is 18.7. The molecule has 2 aromatic rings. The van der Waals surface area contributed by atoms with Crippen LogP contribution in [0.5, 0.6) is 5.75 Å². The molecule has 0 saturated heterocycles. The fourth-order valence-corrected chi connectivity index (χ4v) is 2.39. The van der Waals surface area contributed by atoms with Gasteiger partial charge in [0, 0.05) is 18.5 Å². The molecule has 0 spiro atoms. The van der Waals surface area contributed by atoms with Crippen molar-refractivity contribution < 1.29 is 14.7 Å². The van der Waals surface area contributed by atoms with Crippen molar-refractivity contribution >= 4 is 39.6 Å². The number of amides is 2. The summed E-state index contributed by atoms with van der Waals surface area (Å²) < 4.78 is 0.538. The minimum absolute atomic E-state index is 0.0360. The molecule has 2 rings (SSSR count). The largest absolute Gasteiger partial charge is 0.507 e. The molecule has 7 heteroatoms. The molecule has 2 amide bonds. The lowest BCUT2D eigenvalue weighted by Crippen LogP contribution is -2.20. The highest BCUT2D eigenvalue weighted by Crippen LogP contribution is 2.23. The number of halogens is 1. The van der Waals surface area contributed by atoms with Gasteiger partial charge >= 0.3 is 0 Å². The van der Waals surface area contributed by atoms with Gasteiger partial charge in [-0.2, -0.15) is 5.10 Å². The number of benzene rings is 2. The van der Waals surface area contributed by atoms with Crippen molar-refractivity contribution in [1.29, 1.82) is 0 Å². The van der Waals surface area contributed by atoms with Crippen molar-refractivity contribution in [2.75, 3.05) is 5.32 Å². The number of aromatic hydroxyl groups is 1. The third kappa shape index (κ3) is 6.04. The zero-order valence-corrected chi connectivity index (χ0v) is 15.2. The van der Waals surface area contributed by atoms with Crippen LogP contribution in [0.2, 0.25) is 0 Å². The van der Waals surface area contributed by atoms with E-state index in [1.54, 1.807) is 12.1 Å². The van der Waals surface area contributed by atoms with E-state index in [0.29, 0.717) is 10.0 Å². The van der Waals surface area contributed by atoms with Gasteiger partial charge in [0.1, 0.15) is 5.75 Å². The molecular weight excluding hydrogens is 386 g/mol. The summed E-state index contributed by atoms with van der Waals surface area (Å²) in [6.45, 7) is 1.90. The maximum absolute atomic E-state index is 11.9. The van der Waals surface area contributed by atoms with Gasteiger partial charge in [-0.25, -0.2) is 5.43 Å². The Kier molecular flexibility index (Phi) is 6.71. The molecule has 0 saturated carbocycles. The Balaban J connectivity index is 1.76. The van der Waals surface area contributed by atoms with Crippen molar-refractivity contribution in [3.05, 3.63) is 58.1 Å². The SMILES string of the molecule is Cc1ccccc1NC(=O)CCC(=O)NN=Cc1ccc(O)c(Br)c1. The lowest BCUT2D eigenvalue weighted by molar-refractivity contribution is -0.124. The quantitative estimate of drug-likeness (QED) is 0.510. The van der Waals surface area contributed by atoms with Gasteiger partial charge in [0.25, 0.3) is 0 Å². The molecule has 3 N–H and O–H groups in total. The summed E-state index contributed by atoms with van der Waals surface area (Å²) in [4.78, 5) is 23.6. The van der Waals surface area contributed by atoms with Gasteiger partial charge in [-0.15, -0.1) is 0 Å². The van der Waals surface area contributed by atoms with Crippen LogP contribution in [0.4, 0.5) is 5.69 Å². The van der Waals surface area contributed by atoms with E-state index >= 15 is 0 Å². The van der Waals surface area contributed by atoms with Crippen LogP contribution in [0, 0.1) is 6.92 Å². The van der Waals surface area contributed by atoms with E-state index in [0.717, 1.165) is 11.3 Å². The summed E-state index contributed by atoms with van der Waals surface area (Å²) in [5.41, 5.74) is 4.78. The van der Waals surface area contributed by atoms with E-state index in [1.807, 2.05) is 31.2 Å². The first-order valence-electron chi connectivity index (χ1n) is 7.61. The van der Waals surface area contributed by atoms with Crippen molar-refractivity contribution in [2.24, 2.45) is 5.10 Å². The van der Waals surface area contributed by atoms with E-state index in [-0.39, 0.29) is 30.4 Å². The molecule has 0 unspecified atom stereocenters. The molecule has 2 aromatic carbocycles. The maximum atomic E-state index is 11.9. The van der Waals surface area contributed by atoms with Crippen LogP contribution < -0.4 is 10.7 Å². The molecule has 0 aromatic heterocycles. The second-order valence-electron chi connectivity index (χ2n) is 5.37. The van der Waals surface area contributed by atoms with Gasteiger partial charge in [-0.1, -0.05) is 18.2 Å². The molecule has 0 bridgehead atoms. The van der Waals surface area contributed by atoms with Crippen molar-refractivity contribution in [1.82, 2.24) is 5.43 Å². The van der Waals surface area contributed by atoms with E-state index in [2.05, 4.69) is 31.8 Å². The Hall–Kier alpha value is -2.67. The summed E-state index contributed by atoms with van der Waals surface area (Å²) in [6, 6.07) is 12.3. The number of phenols is 1. The Morgan fingerprint density at radius 1 is 1.16 bits per heavy atom. The number of rotatable bonds is 6. The van der Waals surface area contributed by atoms with Crippen LogP contribution in [-0.4, -0.2) is 23.1 Å². The highest BCUT2D eigenvalue weighted by molar-refractivity contribution is 9.10. The lowest BCUT2D eigenvalue weighted by Gasteiger charge is -2.07. The van der Waals surface area contributed by atoms with Crippen molar-refractivity contribution in [3.63, 3.8) is 0 Å². The number of hydrogen-bond acceptors (Lipinski definition) is 4. The number of hydrazone groups is 1. The molecule has 25 heavy (non-hydrogen) atoms. The lowest BCUT2D eigenvalue weighted by atomic mass is 10.2. The minimum atomic E-state index is -0.353. The van der Waals surface area contributed by atoms with Crippen LogP contribution in [0.1, 0.15) is 24.0 Å². The van der Waals surface area contributed by atoms with E-state index in [9.17, 15) is 14.7 Å². The molecule has 0 aliphatic rings. The zero-order chi connectivity index (χ0) is 18.2. The van der Waals surface area contributed by atoms with Crippen LogP contribution in [0.25, 0.3) is 0 Å². The van der Waals surface area contributed by atoms with E-state index < -0.39 is 0 Å². The number of phenolic OH excluding ortho intramolecular Hbond substituents is 1. The molecule has 0 aliphatic heterocycles. The number of anilines is 1. The average Bonchev–Trinajstić information content (AvgIpc) is 2.58. The third-order valence-electron chi connectivity index (χ3n) is 3.37. The molecule has 0 radical (unpaired) electrons. The smallest absolute Gasteiger partial charge is 0.240 e. The van der Waals surface area contributed by atoms with Crippen molar-refractivity contribution in [2.45, 2.75) is 19.8 Å². The number of carbonyl (C=O) groups is 2. The van der Waals surface area contributed by atoms with Crippen LogP contribution in [-0.2, 0) is 9.59 Å². The summed E-state index contributed by atoms with van der Waals surface area (Å²) in [6.07, 6.45) is 1.56. The summed E-state index contributed by atoms with van der Waals surface area (Å²) in [7, 11) is 0. The predicted octanol–water partition coefficient (Wildman–Crippen LogP) is 3.33. The monoisotopic (exact) mass is 403 g/mol. The van der Waals surface area contributed by atoms with Gasteiger partial charge in [0.2, 0.25) is 11.8 Å². The van der Waals surface area contributed by atoms with Crippen LogP contribution in [0.3, 0.4) is 0 Å². The molecule has 0 heterocycles. The molecule has 0 aliphatic carbocycles. The number of aryl methyl sites for hydroxylation is 1. The average molecular weight is 404 g/mol. The Labute approximate surface area is 154 Å². The highest BCUT2D eigenvalue weighted by Gasteiger charge is 2.07. The molecule has 0 atom stereocenters. The van der Waals surface area contributed by atoms with Gasteiger partial charge in [0.15, 0.2) is 0 Å². The van der Waals surface area contributed by atoms with Crippen molar-refractivity contribution in [3.8, 4) is 5.75 Å². The maximum Gasteiger partial charge on any atom is 0.240 e. The molecule has 0 fully saturated rings. The number of hydrogen-bond donors (Lipinski definition) is 3. The van der Waals surface area contributed by atoms with E-state index in [1.165, 1.54) is 12.3 Å². The van der Waals surface area contributed by atoms with Gasteiger partial charge in [-0.05, 0) is 58.2 Å². The standard InChI is InChI=1S/C18H18BrN3O3/c1-12-4-2-3-5-15(12)21-17(24)8-9-18(25)22-20-11-13-6-7-16(23)14(19)10-13/h2-7,10-11,23H,8-9H2,1H3,(H,21,24)(H,22,25). The van der Waals surface area contributed by atoms with E-state index in [4.69, 9.17) is 0 Å². The second-order valence-corrected chi connectivity index (χ2v) is 6.22. The third-order valence-corrected chi connectivity index (χ3v) is 4.01. The summed E-state index contributed by atoms with van der Waals surface area (Å²) in [5.74, 6) is -0.453. The fraction of sp³-hybridized carbons (Fsp3) is 0.167. The summed E-state index contributed by atoms with van der Waals surface area (Å²) in [5, 5.41) is 16.0.